The summed E-state index contributed by atoms with van der Waals surface area (Å²) >= 11 is 0. The zero-order valence-corrected chi connectivity index (χ0v) is 20.0. The molecular formula is C26H25N3O7. The lowest BCUT2D eigenvalue weighted by Gasteiger charge is -2.28. The SMILES string of the molecule is CCOc1ccc(N2C(=O)NC(=O)/C(=C\c3ccc4c(ccn4[C@@H](C)C(=O)O)c3)C2=O)c(OCC)c1. The van der Waals surface area contributed by atoms with E-state index in [0.717, 1.165) is 10.3 Å². The van der Waals surface area contributed by atoms with E-state index in [1.165, 1.54) is 12.1 Å². The van der Waals surface area contributed by atoms with Gasteiger partial charge in [0.2, 0.25) is 0 Å². The fourth-order valence-electron chi connectivity index (χ4n) is 3.98. The predicted molar refractivity (Wildman–Crippen MR) is 132 cm³/mol. The number of hydrogen-bond acceptors (Lipinski definition) is 6. The number of nitrogens with zero attached hydrogens (tertiary/aromatic N) is 2. The average molecular weight is 492 g/mol. The Bertz CT molecular complexity index is 1410. The van der Waals surface area contributed by atoms with E-state index in [9.17, 15) is 24.3 Å². The number of amides is 4. The number of aliphatic carboxylic acids is 1. The summed E-state index contributed by atoms with van der Waals surface area (Å²) in [5.41, 5.74) is 1.17. The van der Waals surface area contributed by atoms with E-state index in [-0.39, 0.29) is 23.6 Å². The van der Waals surface area contributed by atoms with Crippen LogP contribution in [0.1, 0.15) is 32.4 Å². The number of nitrogens with one attached hydrogen (secondary N) is 1. The topological polar surface area (TPSA) is 127 Å². The molecule has 4 amide bonds. The first kappa shape index (κ1) is 24.5. The summed E-state index contributed by atoms with van der Waals surface area (Å²) < 4.78 is 12.7. The van der Waals surface area contributed by atoms with Crippen LogP contribution in [0.15, 0.2) is 54.2 Å². The van der Waals surface area contributed by atoms with Crippen LogP contribution in [0.5, 0.6) is 11.5 Å². The van der Waals surface area contributed by atoms with Crippen molar-refractivity contribution in [3.8, 4) is 11.5 Å². The van der Waals surface area contributed by atoms with Gasteiger partial charge in [-0.3, -0.25) is 14.9 Å². The van der Waals surface area contributed by atoms with E-state index < -0.39 is 29.9 Å². The number of imide groups is 2. The minimum atomic E-state index is -0.964. The Morgan fingerprint density at radius 1 is 1.06 bits per heavy atom. The van der Waals surface area contributed by atoms with Crippen molar-refractivity contribution in [2.75, 3.05) is 18.1 Å². The Kier molecular flexibility index (Phi) is 6.77. The Morgan fingerprint density at radius 2 is 1.81 bits per heavy atom. The molecule has 2 heterocycles. The first-order chi connectivity index (χ1) is 17.2. The predicted octanol–water partition coefficient (Wildman–Crippen LogP) is 3.75. The number of urea groups is 1. The first-order valence-corrected chi connectivity index (χ1v) is 11.4. The molecule has 3 aromatic rings. The van der Waals surface area contributed by atoms with Crippen LogP contribution in [-0.2, 0) is 14.4 Å². The molecule has 0 unspecified atom stereocenters. The number of carbonyl (C=O) groups is 4. The smallest absolute Gasteiger partial charge is 0.336 e. The van der Waals surface area contributed by atoms with Gasteiger partial charge in [-0.05, 0) is 62.7 Å². The van der Waals surface area contributed by atoms with Gasteiger partial charge in [-0.15, -0.1) is 0 Å². The molecule has 0 aliphatic carbocycles. The maximum atomic E-state index is 13.4. The largest absolute Gasteiger partial charge is 0.494 e. The summed E-state index contributed by atoms with van der Waals surface area (Å²) in [4.78, 5) is 50.9. The van der Waals surface area contributed by atoms with Crippen LogP contribution in [0.3, 0.4) is 0 Å². The summed E-state index contributed by atoms with van der Waals surface area (Å²) in [6.45, 7) is 5.89. The van der Waals surface area contributed by atoms with Crippen molar-refractivity contribution < 1.29 is 33.8 Å². The van der Waals surface area contributed by atoms with E-state index in [0.29, 0.717) is 23.4 Å². The number of rotatable bonds is 8. The fraction of sp³-hybridized carbons (Fsp3) is 0.231. The van der Waals surface area contributed by atoms with Gasteiger partial charge in [0.25, 0.3) is 11.8 Å². The van der Waals surface area contributed by atoms with Gasteiger partial charge in [0.1, 0.15) is 23.1 Å². The minimum Gasteiger partial charge on any atom is -0.494 e. The van der Waals surface area contributed by atoms with Gasteiger partial charge in [0, 0.05) is 23.2 Å². The molecule has 1 aliphatic rings. The number of barbiturate groups is 1. The number of carboxylic acid groups (broad SMARTS) is 1. The lowest BCUT2D eigenvalue weighted by atomic mass is 10.1. The molecule has 0 spiro atoms. The van der Waals surface area contributed by atoms with E-state index >= 15 is 0 Å². The fourth-order valence-corrected chi connectivity index (χ4v) is 3.98. The second-order valence-electron chi connectivity index (χ2n) is 8.01. The van der Waals surface area contributed by atoms with Gasteiger partial charge >= 0.3 is 12.0 Å². The molecule has 0 bridgehead atoms. The Hall–Kier alpha value is -4.60. The van der Waals surface area contributed by atoms with Gasteiger partial charge in [-0.25, -0.2) is 14.5 Å². The zero-order chi connectivity index (χ0) is 26.0. The second-order valence-corrected chi connectivity index (χ2v) is 8.01. The zero-order valence-electron chi connectivity index (χ0n) is 20.0. The molecule has 1 atom stereocenters. The maximum absolute atomic E-state index is 13.4. The Morgan fingerprint density at radius 3 is 2.50 bits per heavy atom. The van der Waals surface area contributed by atoms with E-state index in [1.54, 1.807) is 61.0 Å². The van der Waals surface area contributed by atoms with E-state index in [2.05, 4.69) is 5.32 Å². The highest BCUT2D eigenvalue weighted by atomic mass is 16.5. The van der Waals surface area contributed by atoms with Crippen molar-refractivity contribution in [3.05, 3.63) is 59.8 Å². The van der Waals surface area contributed by atoms with Gasteiger partial charge in [-0.1, -0.05) is 6.07 Å². The summed E-state index contributed by atoms with van der Waals surface area (Å²) in [6.07, 6.45) is 3.06. The molecular weight excluding hydrogens is 466 g/mol. The lowest BCUT2D eigenvalue weighted by molar-refractivity contribution is -0.140. The molecule has 10 nitrogen and oxygen atoms in total. The number of ether oxygens (including phenoxy) is 2. The van der Waals surface area contributed by atoms with Crippen LogP contribution in [0.4, 0.5) is 10.5 Å². The quantitative estimate of drug-likeness (QED) is 0.363. The van der Waals surface area contributed by atoms with Gasteiger partial charge in [-0.2, -0.15) is 0 Å². The number of hydrogen-bond donors (Lipinski definition) is 2. The van der Waals surface area contributed by atoms with Crippen molar-refractivity contribution in [1.82, 2.24) is 9.88 Å². The van der Waals surface area contributed by atoms with E-state index in [1.807, 2.05) is 6.92 Å². The molecule has 36 heavy (non-hydrogen) atoms. The van der Waals surface area contributed by atoms with Crippen molar-refractivity contribution in [3.63, 3.8) is 0 Å². The summed E-state index contributed by atoms with van der Waals surface area (Å²) in [5.74, 6) is -1.81. The number of aromatic nitrogens is 1. The Balaban J connectivity index is 1.72. The molecule has 4 rings (SSSR count). The molecule has 2 aromatic carbocycles. The number of anilines is 1. The first-order valence-electron chi connectivity index (χ1n) is 11.4. The molecule has 0 saturated carbocycles. The summed E-state index contributed by atoms with van der Waals surface area (Å²) in [5, 5.41) is 12.3. The molecule has 186 valence electrons. The normalized spacial score (nSPS) is 15.8. The van der Waals surface area contributed by atoms with E-state index in [4.69, 9.17) is 9.47 Å². The highest BCUT2D eigenvalue weighted by Gasteiger charge is 2.38. The van der Waals surface area contributed by atoms with Gasteiger partial charge in [0.15, 0.2) is 0 Å². The van der Waals surface area contributed by atoms with Gasteiger partial charge < -0.3 is 19.1 Å². The van der Waals surface area contributed by atoms with Crippen molar-refractivity contribution >= 4 is 46.5 Å². The molecule has 1 aromatic heterocycles. The third-order valence-electron chi connectivity index (χ3n) is 5.71. The average Bonchev–Trinajstić information content (AvgIpc) is 3.26. The van der Waals surface area contributed by atoms with Crippen molar-refractivity contribution in [1.29, 1.82) is 0 Å². The molecule has 0 radical (unpaired) electrons. The van der Waals surface area contributed by atoms with Crippen LogP contribution in [-0.4, -0.2) is 46.7 Å². The van der Waals surface area contributed by atoms with Crippen LogP contribution in [0.25, 0.3) is 17.0 Å². The minimum absolute atomic E-state index is 0.177. The monoisotopic (exact) mass is 491 g/mol. The molecule has 2 N–H and O–H groups in total. The molecule has 1 aliphatic heterocycles. The van der Waals surface area contributed by atoms with Crippen LogP contribution in [0, 0.1) is 0 Å². The number of fused-ring (bicyclic) bond motifs is 1. The Labute approximate surface area is 206 Å². The molecule has 1 fully saturated rings. The van der Waals surface area contributed by atoms with Crippen LogP contribution >= 0.6 is 0 Å². The third-order valence-corrected chi connectivity index (χ3v) is 5.71. The molecule has 10 heteroatoms. The summed E-state index contributed by atoms with van der Waals surface area (Å²) in [6, 6.07) is 9.95. The van der Waals surface area contributed by atoms with Crippen LogP contribution in [0.2, 0.25) is 0 Å². The lowest BCUT2D eigenvalue weighted by Crippen LogP contribution is -2.54. The third kappa shape index (κ3) is 4.52. The van der Waals surface area contributed by atoms with Gasteiger partial charge in [0.05, 0.1) is 18.9 Å². The maximum Gasteiger partial charge on any atom is 0.336 e. The number of benzene rings is 2. The number of carbonyl (C=O) groups excluding carboxylic acids is 3. The highest BCUT2D eigenvalue weighted by Crippen LogP contribution is 2.35. The molecule has 1 saturated heterocycles. The highest BCUT2D eigenvalue weighted by molar-refractivity contribution is 6.39. The standard InChI is InChI=1S/C26H25N3O7/c1-4-35-18-7-9-21(22(14-18)36-5-2)29-24(31)19(23(30)27-26(29)34)13-16-6-8-20-17(12-16)10-11-28(20)15(3)25(32)33/h6-15H,4-5H2,1-3H3,(H,32,33)(H,27,30,34)/b19-13+/t15-/m0/s1. The van der Waals surface area contributed by atoms with Crippen molar-refractivity contribution in [2.45, 2.75) is 26.8 Å². The summed E-state index contributed by atoms with van der Waals surface area (Å²) in [7, 11) is 0. The number of carboxylic acids is 1. The van der Waals surface area contributed by atoms with Crippen LogP contribution < -0.4 is 19.7 Å². The van der Waals surface area contributed by atoms with Crippen molar-refractivity contribution in [2.24, 2.45) is 0 Å². The second kappa shape index (κ2) is 9.95.